The van der Waals surface area contributed by atoms with Gasteiger partial charge in [-0.2, -0.15) is 13.5 Å². The van der Waals surface area contributed by atoms with Crippen molar-refractivity contribution in [2.75, 3.05) is 13.2 Å². The van der Waals surface area contributed by atoms with E-state index in [1.165, 1.54) is 16.8 Å². The molecule has 3 rings (SSSR count). The molecule has 8 nitrogen and oxygen atoms in total. The molecule has 2 aromatic carbocycles. The van der Waals surface area contributed by atoms with E-state index in [9.17, 15) is 13.2 Å². The first-order valence-corrected chi connectivity index (χ1v) is 12.7. The summed E-state index contributed by atoms with van der Waals surface area (Å²) in [7, 11) is -3.79. The lowest BCUT2D eigenvalue weighted by Gasteiger charge is -2.21. The highest BCUT2D eigenvalue weighted by Crippen LogP contribution is 2.17. The topological polar surface area (TPSA) is 96.7 Å². The predicted octanol–water partition coefficient (Wildman–Crippen LogP) is 4.12. The molecule has 0 radical (unpaired) electrons. The van der Waals surface area contributed by atoms with Gasteiger partial charge in [0, 0.05) is 0 Å². The quantitative estimate of drug-likeness (QED) is 0.305. The molecule has 0 aliphatic rings. The molecular weight excluding hydrogens is 468 g/mol. The van der Waals surface area contributed by atoms with Crippen molar-refractivity contribution in [3.63, 3.8) is 0 Å². The molecule has 0 aliphatic carbocycles. The Morgan fingerprint density at radius 3 is 2.09 bits per heavy atom. The Balaban J connectivity index is 1.45. The van der Waals surface area contributed by atoms with E-state index in [0.29, 0.717) is 24.5 Å². The van der Waals surface area contributed by atoms with Crippen LogP contribution in [-0.2, 0) is 37.8 Å². The molecule has 188 valence electrons. The minimum absolute atomic E-state index is 0.0660. The highest BCUT2D eigenvalue weighted by molar-refractivity contribution is 7.86. The van der Waals surface area contributed by atoms with Crippen LogP contribution in [0.1, 0.15) is 43.0 Å². The maximum Gasteiger partial charge on any atom is 0.297 e. The molecule has 0 unspecified atom stereocenters. The van der Waals surface area contributed by atoms with Gasteiger partial charge in [0.2, 0.25) is 0 Å². The molecule has 0 amide bonds. The molecule has 0 atom stereocenters. The molecule has 35 heavy (non-hydrogen) atoms. The fourth-order valence-corrected chi connectivity index (χ4v) is 4.10. The third-order valence-electron chi connectivity index (χ3n) is 5.27. The average molecular weight is 501 g/mol. The van der Waals surface area contributed by atoms with E-state index in [4.69, 9.17) is 13.7 Å². The molecule has 0 saturated carbocycles. The van der Waals surface area contributed by atoms with Crippen molar-refractivity contribution < 1.29 is 22.1 Å². The van der Waals surface area contributed by atoms with Gasteiger partial charge in [-0.05, 0) is 57.9 Å². The highest BCUT2D eigenvalue weighted by atomic mass is 32.2. The molecule has 1 aromatic heterocycles. The fourth-order valence-electron chi connectivity index (χ4n) is 3.21. The fraction of sp³-hybridized carbons (Fsp3) is 0.385. The molecule has 0 spiro atoms. The molecule has 0 bridgehead atoms. The predicted molar refractivity (Wildman–Crippen MR) is 133 cm³/mol. The smallest absolute Gasteiger partial charge is 0.297 e. The van der Waals surface area contributed by atoms with E-state index in [1.807, 2.05) is 52.0 Å². The lowest BCUT2D eigenvalue weighted by molar-refractivity contribution is 0.0907. The van der Waals surface area contributed by atoms with Crippen molar-refractivity contribution in [3.05, 3.63) is 87.3 Å². The number of hydrogen-bond acceptors (Lipinski definition) is 7. The van der Waals surface area contributed by atoms with Crippen LogP contribution in [0, 0.1) is 13.8 Å². The standard InChI is InChI=1S/C26H32N2O6S/c1-19-6-12-23(13-7-19)35(30,31)34-15-14-32-17-21-8-10-22(11-9-21)18-33-24-16-27-28(26(3,4)5)25(29)20(24)2/h6-13,16H,14-15,17-18H2,1-5H3. The number of ether oxygens (including phenoxy) is 2. The molecule has 0 N–H and O–H groups in total. The summed E-state index contributed by atoms with van der Waals surface area (Å²) in [6.45, 7) is 10.1. The van der Waals surface area contributed by atoms with Gasteiger partial charge in [0.25, 0.3) is 15.7 Å². The molecule has 0 fully saturated rings. The van der Waals surface area contributed by atoms with Crippen molar-refractivity contribution in [2.24, 2.45) is 0 Å². The van der Waals surface area contributed by atoms with E-state index in [1.54, 1.807) is 25.3 Å². The summed E-state index contributed by atoms with van der Waals surface area (Å²) in [5, 5.41) is 4.24. The number of benzene rings is 2. The zero-order valence-corrected chi connectivity index (χ0v) is 21.6. The van der Waals surface area contributed by atoms with Crippen LogP contribution in [0.2, 0.25) is 0 Å². The van der Waals surface area contributed by atoms with Crippen LogP contribution >= 0.6 is 0 Å². The van der Waals surface area contributed by atoms with Gasteiger partial charge in [-0.3, -0.25) is 8.98 Å². The molecule has 9 heteroatoms. The molecule has 0 aliphatic heterocycles. The summed E-state index contributed by atoms with van der Waals surface area (Å²) in [5.74, 6) is 0.462. The van der Waals surface area contributed by atoms with E-state index in [2.05, 4.69) is 5.10 Å². The number of aromatic nitrogens is 2. The average Bonchev–Trinajstić information content (AvgIpc) is 2.80. The highest BCUT2D eigenvalue weighted by Gasteiger charge is 2.19. The molecular formula is C26H32N2O6S. The van der Waals surface area contributed by atoms with Gasteiger partial charge in [0.05, 0.1) is 42.0 Å². The third kappa shape index (κ3) is 7.24. The van der Waals surface area contributed by atoms with E-state index >= 15 is 0 Å². The van der Waals surface area contributed by atoms with Gasteiger partial charge in [0.15, 0.2) is 0 Å². The first-order chi connectivity index (χ1) is 16.5. The largest absolute Gasteiger partial charge is 0.487 e. The van der Waals surface area contributed by atoms with E-state index < -0.39 is 15.7 Å². The Labute approximate surface area is 206 Å². The first kappa shape index (κ1) is 26.6. The van der Waals surface area contributed by atoms with Crippen molar-refractivity contribution in [1.82, 2.24) is 9.78 Å². The van der Waals surface area contributed by atoms with E-state index in [0.717, 1.165) is 16.7 Å². The second-order valence-corrected chi connectivity index (χ2v) is 10.9. The maximum absolute atomic E-state index is 12.5. The summed E-state index contributed by atoms with van der Waals surface area (Å²) in [6, 6.07) is 14.1. The molecule has 0 saturated heterocycles. The van der Waals surface area contributed by atoms with Gasteiger partial charge in [-0.1, -0.05) is 42.0 Å². The molecule has 3 aromatic rings. The van der Waals surface area contributed by atoms with Crippen LogP contribution in [0.15, 0.2) is 64.4 Å². The Bertz CT molecular complexity index is 1290. The summed E-state index contributed by atoms with van der Waals surface area (Å²) in [4.78, 5) is 12.7. The minimum Gasteiger partial charge on any atom is -0.487 e. The number of rotatable bonds is 10. The lowest BCUT2D eigenvalue weighted by Crippen LogP contribution is -2.37. The Morgan fingerprint density at radius 2 is 1.49 bits per heavy atom. The number of nitrogens with zero attached hydrogens (tertiary/aromatic N) is 2. The Morgan fingerprint density at radius 1 is 0.886 bits per heavy atom. The zero-order valence-electron chi connectivity index (χ0n) is 20.8. The Kier molecular flexibility index (Phi) is 8.47. The third-order valence-corrected chi connectivity index (χ3v) is 6.60. The minimum atomic E-state index is -3.79. The van der Waals surface area contributed by atoms with Crippen molar-refractivity contribution >= 4 is 10.1 Å². The van der Waals surface area contributed by atoms with Gasteiger partial charge in [-0.25, -0.2) is 4.68 Å². The monoisotopic (exact) mass is 500 g/mol. The summed E-state index contributed by atoms with van der Waals surface area (Å²) >= 11 is 0. The summed E-state index contributed by atoms with van der Waals surface area (Å²) < 4.78 is 42.2. The molecule has 1 heterocycles. The van der Waals surface area contributed by atoms with Gasteiger partial charge >= 0.3 is 0 Å². The second-order valence-electron chi connectivity index (χ2n) is 9.27. The van der Waals surface area contributed by atoms with Gasteiger partial charge in [-0.15, -0.1) is 0 Å². The van der Waals surface area contributed by atoms with Crippen LogP contribution in [0.5, 0.6) is 5.75 Å². The van der Waals surface area contributed by atoms with Crippen molar-refractivity contribution in [2.45, 2.75) is 58.3 Å². The van der Waals surface area contributed by atoms with Crippen LogP contribution in [0.3, 0.4) is 0 Å². The summed E-state index contributed by atoms with van der Waals surface area (Å²) in [6.07, 6.45) is 1.57. The first-order valence-electron chi connectivity index (χ1n) is 11.3. The summed E-state index contributed by atoms with van der Waals surface area (Å²) in [5.41, 5.74) is 2.79. The van der Waals surface area contributed by atoms with Crippen molar-refractivity contribution in [1.29, 1.82) is 0 Å². The normalized spacial score (nSPS) is 12.0. The van der Waals surface area contributed by atoms with Crippen LogP contribution in [-0.4, -0.2) is 31.4 Å². The van der Waals surface area contributed by atoms with Crippen LogP contribution < -0.4 is 10.3 Å². The van der Waals surface area contributed by atoms with E-state index in [-0.39, 0.29) is 23.7 Å². The van der Waals surface area contributed by atoms with Crippen LogP contribution in [0.25, 0.3) is 0 Å². The maximum atomic E-state index is 12.5. The van der Waals surface area contributed by atoms with Gasteiger partial charge < -0.3 is 9.47 Å². The SMILES string of the molecule is Cc1ccc(S(=O)(=O)OCCOCc2ccc(COc3cnn(C(C)(C)C)c(=O)c3C)cc2)cc1. The van der Waals surface area contributed by atoms with Gasteiger partial charge in [0.1, 0.15) is 12.4 Å². The second kappa shape index (κ2) is 11.2. The number of aryl methyl sites for hydroxylation is 1. The Hall–Kier alpha value is -3.01. The van der Waals surface area contributed by atoms with Crippen molar-refractivity contribution in [3.8, 4) is 5.75 Å². The van der Waals surface area contributed by atoms with Crippen LogP contribution in [0.4, 0.5) is 0 Å². The zero-order chi connectivity index (χ0) is 25.6. The lowest BCUT2D eigenvalue weighted by atomic mass is 10.1. The number of hydrogen-bond donors (Lipinski definition) is 0.